The second kappa shape index (κ2) is 6.96. The Balaban J connectivity index is 1.62. The summed E-state index contributed by atoms with van der Waals surface area (Å²) >= 11 is 0. The molecule has 0 saturated carbocycles. The highest BCUT2D eigenvalue weighted by Gasteiger charge is 2.31. The predicted octanol–water partition coefficient (Wildman–Crippen LogP) is 2.89. The molecule has 0 aromatic heterocycles. The lowest BCUT2D eigenvalue weighted by molar-refractivity contribution is -0.117. The van der Waals surface area contributed by atoms with Crippen LogP contribution >= 0.6 is 0 Å². The van der Waals surface area contributed by atoms with Crippen LogP contribution in [0.4, 0.5) is 18.9 Å². The zero-order chi connectivity index (χ0) is 18.0. The molecule has 0 aliphatic carbocycles. The van der Waals surface area contributed by atoms with Crippen molar-refractivity contribution < 1.29 is 22.8 Å². The van der Waals surface area contributed by atoms with E-state index in [-0.39, 0.29) is 24.8 Å². The lowest BCUT2D eigenvalue weighted by atomic mass is 10.1. The van der Waals surface area contributed by atoms with Crippen LogP contribution in [0.1, 0.15) is 16.8 Å². The van der Waals surface area contributed by atoms with Gasteiger partial charge in [0.15, 0.2) is 17.5 Å². The molecule has 7 heteroatoms. The summed E-state index contributed by atoms with van der Waals surface area (Å²) in [5.74, 6) is -5.62. The van der Waals surface area contributed by atoms with Crippen LogP contribution in [0, 0.1) is 23.4 Å². The van der Waals surface area contributed by atoms with Crippen molar-refractivity contribution in [2.24, 2.45) is 5.92 Å². The summed E-state index contributed by atoms with van der Waals surface area (Å²) < 4.78 is 39.7. The Morgan fingerprint density at radius 2 is 1.80 bits per heavy atom. The third kappa shape index (κ3) is 3.50. The Bertz CT molecular complexity index is 811. The zero-order valence-electron chi connectivity index (χ0n) is 13.1. The third-order valence-corrected chi connectivity index (χ3v) is 4.10. The van der Waals surface area contributed by atoms with E-state index in [2.05, 4.69) is 5.32 Å². The highest BCUT2D eigenvalue weighted by Crippen LogP contribution is 2.24. The maximum Gasteiger partial charge on any atom is 0.254 e. The van der Waals surface area contributed by atoms with Gasteiger partial charge in [0.1, 0.15) is 0 Å². The molecule has 1 fully saturated rings. The van der Waals surface area contributed by atoms with Crippen LogP contribution in [0.25, 0.3) is 0 Å². The summed E-state index contributed by atoms with van der Waals surface area (Å²) in [7, 11) is 0. The number of hydrogen-bond acceptors (Lipinski definition) is 2. The molecule has 25 heavy (non-hydrogen) atoms. The van der Waals surface area contributed by atoms with Crippen LogP contribution in [-0.2, 0) is 4.79 Å². The maximum absolute atomic E-state index is 13.6. The molecule has 3 rings (SSSR count). The van der Waals surface area contributed by atoms with Gasteiger partial charge < -0.3 is 10.2 Å². The van der Waals surface area contributed by atoms with Gasteiger partial charge in [-0.25, -0.2) is 13.2 Å². The molecule has 1 N–H and O–H groups in total. The number of carbonyl (C=O) groups is 2. The van der Waals surface area contributed by atoms with Crippen molar-refractivity contribution in [3.63, 3.8) is 0 Å². The number of halogens is 3. The van der Waals surface area contributed by atoms with E-state index in [1.165, 1.54) is 0 Å². The molecule has 1 heterocycles. The zero-order valence-corrected chi connectivity index (χ0v) is 13.1. The van der Waals surface area contributed by atoms with Crippen molar-refractivity contribution in [3.05, 3.63) is 65.5 Å². The number of carbonyl (C=O) groups excluding carboxylic acids is 2. The molecule has 1 saturated heterocycles. The van der Waals surface area contributed by atoms with Gasteiger partial charge in [0.05, 0.1) is 5.56 Å². The molecule has 1 aliphatic rings. The Labute approximate surface area is 142 Å². The van der Waals surface area contributed by atoms with E-state index in [1.54, 1.807) is 4.90 Å². The molecule has 0 bridgehead atoms. The lowest BCUT2D eigenvalue weighted by Crippen LogP contribution is -2.32. The minimum absolute atomic E-state index is 0.0653. The van der Waals surface area contributed by atoms with Gasteiger partial charge in [0, 0.05) is 31.1 Å². The highest BCUT2D eigenvalue weighted by molar-refractivity contribution is 5.96. The SMILES string of the molecule is O=C(NCC1CC(=O)N(c2ccccc2)C1)c1ccc(F)c(F)c1F. The summed E-state index contributed by atoms with van der Waals surface area (Å²) in [4.78, 5) is 25.7. The molecule has 2 aromatic carbocycles. The minimum atomic E-state index is -1.68. The standard InChI is InChI=1S/C18H15F3N2O2/c19-14-7-6-13(16(20)17(14)21)18(25)22-9-11-8-15(24)23(10-11)12-4-2-1-3-5-12/h1-7,11H,8-10H2,(H,22,25). The van der Waals surface area contributed by atoms with Crippen LogP contribution in [0.5, 0.6) is 0 Å². The topological polar surface area (TPSA) is 49.4 Å². The van der Waals surface area contributed by atoms with Gasteiger partial charge in [-0.2, -0.15) is 0 Å². The van der Waals surface area contributed by atoms with Gasteiger partial charge in [-0.15, -0.1) is 0 Å². The Morgan fingerprint density at radius 3 is 2.52 bits per heavy atom. The van der Waals surface area contributed by atoms with Gasteiger partial charge >= 0.3 is 0 Å². The van der Waals surface area contributed by atoms with Crippen molar-refractivity contribution in [1.82, 2.24) is 5.32 Å². The molecule has 2 amide bonds. The van der Waals surface area contributed by atoms with Crippen LogP contribution < -0.4 is 10.2 Å². The molecule has 1 atom stereocenters. The Hall–Kier alpha value is -2.83. The molecule has 2 aromatic rings. The number of hydrogen-bond donors (Lipinski definition) is 1. The third-order valence-electron chi connectivity index (χ3n) is 4.10. The van der Waals surface area contributed by atoms with Crippen molar-refractivity contribution in [2.45, 2.75) is 6.42 Å². The van der Waals surface area contributed by atoms with E-state index in [0.29, 0.717) is 12.6 Å². The van der Waals surface area contributed by atoms with E-state index in [0.717, 1.165) is 11.8 Å². The Morgan fingerprint density at radius 1 is 1.08 bits per heavy atom. The van der Waals surface area contributed by atoms with Crippen molar-refractivity contribution in [1.29, 1.82) is 0 Å². The van der Waals surface area contributed by atoms with Gasteiger partial charge in [-0.3, -0.25) is 9.59 Å². The van der Waals surface area contributed by atoms with E-state index in [9.17, 15) is 22.8 Å². The van der Waals surface area contributed by atoms with E-state index >= 15 is 0 Å². The number of benzene rings is 2. The van der Waals surface area contributed by atoms with Crippen molar-refractivity contribution >= 4 is 17.5 Å². The highest BCUT2D eigenvalue weighted by atomic mass is 19.2. The second-order valence-corrected chi connectivity index (χ2v) is 5.84. The van der Waals surface area contributed by atoms with Gasteiger partial charge in [0.25, 0.3) is 5.91 Å². The lowest BCUT2D eigenvalue weighted by Gasteiger charge is -2.17. The maximum atomic E-state index is 13.6. The molecular weight excluding hydrogens is 333 g/mol. The smallest absolute Gasteiger partial charge is 0.254 e. The molecule has 130 valence electrons. The average Bonchev–Trinajstić information content (AvgIpc) is 2.99. The normalized spacial score (nSPS) is 17.0. The fourth-order valence-electron chi connectivity index (χ4n) is 2.81. The molecule has 4 nitrogen and oxygen atoms in total. The van der Waals surface area contributed by atoms with E-state index in [4.69, 9.17) is 0 Å². The van der Waals surface area contributed by atoms with Gasteiger partial charge in [-0.05, 0) is 24.3 Å². The molecular formula is C18H15F3N2O2. The summed E-state index contributed by atoms with van der Waals surface area (Å²) in [6, 6.07) is 10.7. The van der Waals surface area contributed by atoms with Gasteiger partial charge in [0.2, 0.25) is 5.91 Å². The number of rotatable bonds is 4. The summed E-state index contributed by atoms with van der Waals surface area (Å²) in [5.41, 5.74) is 0.205. The van der Waals surface area contributed by atoms with Crippen LogP contribution in [-0.4, -0.2) is 24.9 Å². The average molecular weight is 348 g/mol. The summed E-state index contributed by atoms with van der Waals surface area (Å²) in [5, 5.41) is 2.47. The van der Waals surface area contributed by atoms with Crippen LogP contribution in [0.2, 0.25) is 0 Å². The number of para-hydroxylation sites is 1. The number of anilines is 1. The molecule has 1 unspecified atom stereocenters. The van der Waals surface area contributed by atoms with E-state index < -0.39 is 28.9 Å². The first-order valence-electron chi connectivity index (χ1n) is 7.74. The number of nitrogens with one attached hydrogen (secondary N) is 1. The van der Waals surface area contributed by atoms with Crippen LogP contribution in [0.15, 0.2) is 42.5 Å². The number of nitrogens with zero attached hydrogens (tertiary/aromatic N) is 1. The van der Waals surface area contributed by atoms with Gasteiger partial charge in [-0.1, -0.05) is 18.2 Å². The monoisotopic (exact) mass is 348 g/mol. The van der Waals surface area contributed by atoms with Crippen LogP contribution in [0.3, 0.4) is 0 Å². The molecule has 0 spiro atoms. The first-order valence-corrected chi connectivity index (χ1v) is 7.74. The predicted molar refractivity (Wildman–Crippen MR) is 85.6 cm³/mol. The Kier molecular flexibility index (Phi) is 4.74. The molecule has 0 radical (unpaired) electrons. The van der Waals surface area contributed by atoms with Crippen molar-refractivity contribution in [3.8, 4) is 0 Å². The first kappa shape index (κ1) is 17.0. The fourth-order valence-corrected chi connectivity index (χ4v) is 2.81. The molecule has 1 aliphatic heterocycles. The summed E-state index contributed by atoms with van der Waals surface area (Å²) in [6.45, 7) is 0.551. The fraction of sp³-hybridized carbons (Fsp3) is 0.222. The first-order chi connectivity index (χ1) is 12.0. The number of amides is 2. The second-order valence-electron chi connectivity index (χ2n) is 5.84. The quantitative estimate of drug-likeness (QED) is 0.864. The van der Waals surface area contributed by atoms with Crippen molar-refractivity contribution in [2.75, 3.05) is 18.0 Å². The largest absolute Gasteiger partial charge is 0.352 e. The van der Waals surface area contributed by atoms with E-state index in [1.807, 2.05) is 30.3 Å². The minimum Gasteiger partial charge on any atom is -0.352 e. The summed E-state index contributed by atoms with van der Waals surface area (Å²) in [6.07, 6.45) is 0.245.